The van der Waals surface area contributed by atoms with Crippen molar-refractivity contribution in [3.05, 3.63) is 135 Å². The van der Waals surface area contributed by atoms with E-state index >= 15 is 0 Å². The van der Waals surface area contributed by atoms with Crippen LogP contribution in [0.15, 0.2) is 103 Å². The van der Waals surface area contributed by atoms with E-state index in [9.17, 15) is 34.4 Å². The maximum absolute atomic E-state index is 14.5. The molecule has 0 bridgehead atoms. The molecule has 2 unspecified atom stereocenters. The third-order valence-electron chi connectivity index (χ3n) is 10.1. The minimum Gasteiger partial charge on any atom is -0.465 e. The van der Waals surface area contributed by atoms with Gasteiger partial charge in [0.05, 0.1) is 18.0 Å². The van der Waals surface area contributed by atoms with Crippen LogP contribution in [0.1, 0.15) is 55.9 Å². The highest BCUT2D eigenvalue weighted by Crippen LogP contribution is 2.44. The number of ether oxygens (including phenoxy) is 3. The van der Waals surface area contributed by atoms with Crippen LogP contribution in [-0.4, -0.2) is 101 Å². The third kappa shape index (κ3) is 11.4. The lowest BCUT2D eigenvalue weighted by Gasteiger charge is -2.35. The Morgan fingerprint density at radius 2 is 1.37 bits per heavy atom. The summed E-state index contributed by atoms with van der Waals surface area (Å²) < 4.78 is 17.2. The number of rotatable bonds is 20. The van der Waals surface area contributed by atoms with Crippen LogP contribution in [0.5, 0.6) is 0 Å². The molecule has 4 amide bonds. The maximum atomic E-state index is 14.5. The average molecular weight is 810 g/mol. The molecule has 0 aromatic heterocycles. The van der Waals surface area contributed by atoms with E-state index in [1.165, 1.54) is 29.2 Å². The lowest BCUT2D eigenvalue weighted by Crippen LogP contribution is -2.59. The first-order valence-corrected chi connectivity index (χ1v) is 19.6. The zero-order valence-electron chi connectivity index (χ0n) is 33.6. The van der Waals surface area contributed by atoms with Gasteiger partial charge in [-0.15, -0.1) is 0 Å². The van der Waals surface area contributed by atoms with Crippen molar-refractivity contribution in [1.29, 1.82) is 0 Å². The van der Waals surface area contributed by atoms with E-state index in [0.717, 1.165) is 27.2 Å². The Morgan fingerprint density at radius 3 is 1.92 bits per heavy atom. The monoisotopic (exact) mass is 809 g/mol. The van der Waals surface area contributed by atoms with Gasteiger partial charge < -0.3 is 34.9 Å². The number of carboxylic acid groups (broad SMARTS) is 1. The van der Waals surface area contributed by atoms with Crippen LogP contribution in [0.25, 0.3) is 11.1 Å². The van der Waals surface area contributed by atoms with Crippen LogP contribution in [0.4, 0.5) is 15.3 Å². The fourth-order valence-electron chi connectivity index (χ4n) is 7.16. The summed E-state index contributed by atoms with van der Waals surface area (Å²) in [5, 5.41) is 27.3. The number of amides is 4. The molecule has 5 rings (SSSR count). The normalized spacial score (nSPS) is 12.9. The second-order valence-corrected chi connectivity index (χ2v) is 14.2. The third-order valence-corrected chi connectivity index (χ3v) is 10.1. The van der Waals surface area contributed by atoms with E-state index in [1.54, 1.807) is 58.0 Å². The molecule has 0 saturated heterocycles. The first-order valence-electron chi connectivity index (χ1n) is 19.6. The van der Waals surface area contributed by atoms with Crippen molar-refractivity contribution in [3.63, 3.8) is 0 Å². The first kappa shape index (κ1) is 43.8. The number of nitro groups is 1. The Kier molecular flexibility index (Phi) is 15.5. The van der Waals surface area contributed by atoms with Gasteiger partial charge in [-0.2, -0.15) is 0 Å². The van der Waals surface area contributed by atoms with Crippen molar-refractivity contribution in [2.45, 2.75) is 71.0 Å². The molecule has 0 saturated carbocycles. The second kappa shape index (κ2) is 20.9. The molecule has 59 heavy (non-hydrogen) atoms. The quantitative estimate of drug-likeness (QED) is 0.0516. The molecule has 4 aromatic carbocycles. The van der Waals surface area contributed by atoms with Crippen molar-refractivity contribution in [2.24, 2.45) is 0 Å². The van der Waals surface area contributed by atoms with Gasteiger partial charge in [0, 0.05) is 50.3 Å². The molecule has 4 aromatic rings. The van der Waals surface area contributed by atoms with Crippen LogP contribution in [0.3, 0.4) is 0 Å². The van der Waals surface area contributed by atoms with Gasteiger partial charge in [-0.3, -0.25) is 24.6 Å². The summed E-state index contributed by atoms with van der Waals surface area (Å²) in [5.41, 5.74) is 5.03. The molecule has 0 spiro atoms. The number of benzene rings is 4. The fourth-order valence-corrected chi connectivity index (χ4v) is 7.16. The fraction of sp³-hybridized carbons (Fsp3) is 0.364. The highest BCUT2D eigenvalue weighted by atomic mass is 16.7. The number of alkyl carbamates (subject to hydrolysis) is 1. The molecule has 0 fully saturated rings. The van der Waals surface area contributed by atoms with Gasteiger partial charge in [0.2, 0.25) is 11.8 Å². The van der Waals surface area contributed by atoms with Gasteiger partial charge >= 0.3 is 12.2 Å². The van der Waals surface area contributed by atoms with E-state index in [0.29, 0.717) is 24.3 Å². The lowest BCUT2D eigenvalue weighted by molar-refractivity contribution is -0.384. The highest BCUT2D eigenvalue weighted by molar-refractivity contribution is 5.92. The number of carbonyl (C=O) groups excluding carboxylic acids is 3. The number of hydrogen-bond donors (Lipinski definition) is 3. The Balaban J connectivity index is 1.41. The standard InChI is InChI=1S/C44H51N5O10/c1-5-57-40(58-6-2)27-47(29(3)4)42(51)38(24-30-20-22-32(23-21-30)49(55)56)46-41(50)39(48(44(53)54)26-31-14-8-7-9-15-31)25-45-43(52)59-28-37-35-18-12-10-16-33(35)34-17-11-13-19-36(34)37/h7-23,29,37-40H,5-6,24-28H2,1-4H3,(H,45,52)(H,46,50)(H,53,54). The van der Waals surface area contributed by atoms with Crippen LogP contribution >= 0.6 is 0 Å². The second-order valence-electron chi connectivity index (χ2n) is 14.2. The van der Waals surface area contributed by atoms with Crippen LogP contribution < -0.4 is 10.6 Å². The van der Waals surface area contributed by atoms with E-state index in [2.05, 4.69) is 10.6 Å². The largest absolute Gasteiger partial charge is 0.465 e. The molecule has 3 N–H and O–H groups in total. The Hall–Kier alpha value is -6.32. The van der Waals surface area contributed by atoms with E-state index in [4.69, 9.17) is 14.2 Å². The van der Waals surface area contributed by atoms with Crippen LogP contribution in [0, 0.1) is 10.1 Å². The number of hydrogen-bond acceptors (Lipinski definition) is 9. The molecule has 0 radical (unpaired) electrons. The summed E-state index contributed by atoms with van der Waals surface area (Å²) in [5.74, 6) is -1.62. The van der Waals surface area contributed by atoms with Crippen molar-refractivity contribution in [1.82, 2.24) is 20.4 Å². The molecule has 15 nitrogen and oxygen atoms in total. The zero-order valence-corrected chi connectivity index (χ0v) is 33.6. The van der Waals surface area contributed by atoms with Gasteiger partial charge in [0.25, 0.3) is 5.69 Å². The van der Waals surface area contributed by atoms with Gasteiger partial charge in [0.15, 0.2) is 6.29 Å². The molecule has 1 aliphatic rings. The maximum Gasteiger partial charge on any atom is 0.408 e. The average Bonchev–Trinajstić information content (AvgIpc) is 3.55. The number of fused-ring (bicyclic) bond motifs is 3. The molecule has 312 valence electrons. The molecule has 2 atom stereocenters. The van der Waals surface area contributed by atoms with Crippen LogP contribution in [-0.2, 0) is 36.8 Å². The van der Waals surface area contributed by atoms with Gasteiger partial charge in [0.1, 0.15) is 18.7 Å². The Bertz CT molecular complexity index is 2010. The zero-order chi connectivity index (χ0) is 42.5. The number of nitro benzene ring substituents is 1. The van der Waals surface area contributed by atoms with Crippen molar-refractivity contribution in [2.75, 3.05) is 32.9 Å². The first-order chi connectivity index (χ1) is 28.4. The number of non-ortho nitro benzene ring substituents is 1. The van der Waals surface area contributed by atoms with Gasteiger partial charge in [-0.05, 0) is 61.1 Å². The lowest BCUT2D eigenvalue weighted by atomic mass is 9.98. The topological polar surface area (TPSA) is 190 Å². The molecular weight excluding hydrogens is 759 g/mol. The van der Waals surface area contributed by atoms with Crippen LogP contribution in [0.2, 0.25) is 0 Å². The minimum atomic E-state index is -1.53. The predicted octanol–water partition coefficient (Wildman–Crippen LogP) is 6.35. The van der Waals surface area contributed by atoms with Gasteiger partial charge in [-0.25, -0.2) is 9.59 Å². The summed E-state index contributed by atoms with van der Waals surface area (Å²) in [6, 6.07) is 26.8. The molecule has 0 heterocycles. The number of carbonyl (C=O) groups is 4. The Morgan fingerprint density at radius 1 is 0.797 bits per heavy atom. The van der Waals surface area contributed by atoms with Crippen molar-refractivity contribution < 1.29 is 43.4 Å². The van der Waals surface area contributed by atoms with E-state index < -0.39 is 53.8 Å². The molecular formula is C44H51N5O10. The summed E-state index contributed by atoms with van der Waals surface area (Å²) in [7, 11) is 0. The van der Waals surface area contributed by atoms with Crippen molar-refractivity contribution in [3.8, 4) is 11.1 Å². The van der Waals surface area contributed by atoms with Gasteiger partial charge in [-0.1, -0.05) is 91.0 Å². The SMILES string of the molecule is CCOC(CN(C(=O)C(Cc1ccc([N+](=O)[O-])cc1)NC(=O)C(CNC(=O)OCC1c2ccccc2-c2ccccc21)N(Cc1ccccc1)C(=O)O)C(C)C)OCC. The van der Waals surface area contributed by atoms with Crippen molar-refractivity contribution >= 4 is 29.7 Å². The molecule has 0 aliphatic heterocycles. The molecule has 15 heteroatoms. The summed E-state index contributed by atoms with van der Waals surface area (Å²) in [4.78, 5) is 68.5. The van der Waals surface area contributed by atoms with E-state index in [1.807, 2.05) is 48.5 Å². The smallest absolute Gasteiger partial charge is 0.408 e. The Labute approximate surface area is 343 Å². The summed E-state index contributed by atoms with van der Waals surface area (Å²) >= 11 is 0. The minimum absolute atomic E-state index is 0.00921. The molecule has 1 aliphatic carbocycles. The summed E-state index contributed by atoms with van der Waals surface area (Å²) in [6.45, 7) is 7.12. The highest BCUT2D eigenvalue weighted by Gasteiger charge is 2.36. The summed E-state index contributed by atoms with van der Waals surface area (Å²) in [6.07, 6.45) is -3.17. The number of nitrogens with one attached hydrogen (secondary N) is 2. The predicted molar refractivity (Wildman–Crippen MR) is 219 cm³/mol. The number of nitrogens with zero attached hydrogens (tertiary/aromatic N) is 3. The van der Waals surface area contributed by atoms with E-state index in [-0.39, 0.29) is 43.8 Å².